The van der Waals surface area contributed by atoms with Gasteiger partial charge in [-0.1, -0.05) is 54.1 Å². The van der Waals surface area contributed by atoms with Crippen LogP contribution in [-0.2, 0) is 21.4 Å². The van der Waals surface area contributed by atoms with Crippen LogP contribution < -0.4 is 10.6 Å². The van der Waals surface area contributed by atoms with Crippen molar-refractivity contribution in [2.45, 2.75) is 18.4 Å². The Morgan fingerprint density at radius 3 is 1.98 bits per heavy atom. The molecule has 4 N–H and O–H groups in total. The standard InChI is InChI=1S/C30H29N3O6S/c1-20-3-14-26(15-4-20)40(38,39)32(2)19-29(35)33(25-13-16-27(30(36)37)28(34)17-25)18-21-5-7-22(8-6-21)23-9-11-24(31)12-10-23/h3-17,34H,18-19,31H2,1-2H3,(H,36,37). The Morgan fingerprint density at radius 1 is 0.850 bits per heavy atom. The van der Waals surface area contributed by atoms with Crippen molar-refractivity contribution >= 4 is 33.3 Å². The van der Waals surface area contributed by atoms with Crippen molar-refractivity contribution in [1.29, 1.82) is 0 Å². The van der Waals surface area contributed by atoms with Gasteiger partial charge in [-0.3, -0.25) is 4.79 Å². The summed E-state index contributed by atoms with van der Waals surface area (Å²) in [6, 6.07) is 25.0. The highest BCUT2D eigenvalue weighted by Crippen LogP contribution is 2.28. The predicted molar refractivity (Wildman–Crippen MR) is 154 cm³/mol. The lowest BCUT2D eigenvalue weighted by Crippen LogP contribution is -2.41. The lowest BCUT2D eigenvalue weighted by atomic mass is 10.0. The van der Waals surface area contributed by atoms with Crippen molar-refractivity contribution in [3.8, 4) is 16.9 Å². The average molecular weight is 560 g/mol. The molecule has 0 aliphatic heterocycles. The van der Waals surface area contributed by atoms with Crippen LogP contribution in [0.25, 0.3) is 11.1 Å². The predicted octanol–water partition coefficient (Wildman–Crippen LogP) is 4.50. The molecular weight excluding hydrogens is 530 g/mol. The Bertz CT molecular complexity index is 1630. The van der Waals surface area contributed by atoms with E-state index in [1.54, 1.807) is 24.3 Å². The SMILES string of the molecule is Cc1ccc(S(=O)(=O)N(C)CC(=O)N(Cc2ccc(-c3ccc(N)cc3)cc2)c2ccc(C(=O)O)c(O)c2)cc1. The Hall–Kier alpha value is -4.67. The zero-order valence-corrected chi connectivity index (χ0v) is 22.8. The smallest absolute Gasteiger partial charge is 0.339 e. The van der Waals surface area contributed by atoms with Crippen LogP contribution in [0.1, 0.15) is 21.5 Å². The van der Waals surface area contributed by atoms with Crippen molar-refractivity contribution in [2.24, 2.45) is 0 Å². The second-order valence-electron chi connectivity index (χ2n) is 9.38. The van der Waals surface area contributed by atoms with Crippen LogP contribution in [-0.4, -0.2) is 48.4 Å². The number of carboxylic acids is 1. The lowest BCUT2D eigenvalue weighted by Gasteiger charge is -2.26. The molecule has 0 radical (unpaired) electrons. The zero-order chi connectivity index (χ0) is 29.0. The Balaban J connectivity index is 1.63. The Kier molecular flexibility index (Phi) is 8.22. The summed E-state index contributed by atoms with van der Waals surface area (Å²) in [7, 11) is -2.64. The first kappa shape index (κ1) is 28.3. The fraction of sp³-hybridized carbons (Fsp3) is 0.133. The maximum atomic E-state index is 13.6. The molecule has 10 heteroatoms. The molecule has 40 heavy (non-hydrogen) atoms. The number of rotatable bonds is 9. The summed E-state index contributed by atoms with van der Waals surface area (Å²) in [4.78, 5) is 26.3. The van der Waals surface area contributed by atoms with E-state index in [9.17, 15) is 28.2 Å². The molecule has 206 valence electrons. The number of carboxylic acid groups (broad SMARTS) is 1. The molecule has 4 aromatic carbocycles. The molecule has 0 spiro atoms. The number of aromatic hydroxyl groups is 1. The summed E-state index contributed by atoms with van der Waals surface area (Å²) in [6.45, 7) is 1.40. The maximum absolute atomic E-state index is 13.6. The van der Waals surface area contributed by atoms with Gasteiger partial charge in [0.1, 0.15) is 11.3 Å². The number of carbonyl (C=O) groups excluding carboxylic acids is 1. The Labute approximate surface area is 232 Å². The van der Waals surface area contributed by atoms with E-state index < -0.39 is 34.2 Å². The normalized spacial score (nSPS) is 11.4. The van der Waals surface area contributed by atoms with E-state index >= 15 is 0 Å². The van der Waals surface area contributed by atoms with E-state index in [1.807, 2.05) is 43.3 Å². The molecule has 0 unspecified atom stereocenters. The third kappa shape index (κ3) is 6.31. The molecule has 4 aromatic rings. The monoisotopic (exact) mass is 559 g/mol. The molecule has 9 nitrogen and oxygen atoms in total. The Morgan fingerprint density at radius 2 is 1.43 bits per heavy atom. The fourth-order valence-electron chi connectivity index (χ4n) is 4.10. The van der Waals surface area contributed by atoms with Crippen LogP contribution in [0.2, 0.25) is 0 Å². The molecule has 0 bridgehead atoms. The van der Waals surface area contributed by atoms with E-state index in [2.05, 4.69) is 0 Å². The number of sulfonamides is 1. The van der Waals surface area contributed by atoms with Crippen LogP contribution >= 0.6 is 0 Å². The number of hydrogen-bond acceptors (Lipinski definition) is 6. The number of phenols is 1. The molecule has 1 amide bonds. The molecule has 0 saturated heterocycles. The van der Waals surface area contributed by atoms with Crippen LogP contribution in [0.3, 0.4) is 0 Å². The van der Waals surface area contributed by atoms with Crippen molar-refractivity contribution in [3.63, 3.8) is 0 Å². The average Bonchev–Trinajstić information content (AvgIpc) is 2.92. The van der Waals surface area contributed by atoms with Crippen molar-refractivity contribution < 1.29 is 28.2 Å². The molecule has 0 heterocycles. The van der Waals surface area contributed by atoms with Gasteiger partial charge in [0.15, 0.2) is 0 Å². The van der Waals surface area contributed by atoms with Gasteiger partial charge < -0.3 is 20.8 Å². The third-order valence-electron chi connectivity index (χ3n) is 6.45. The lowest BCUT2D eigenvalue weighted by molar-refractivity contribution is -0.118. The molecule has 0 aromatic heterocycles. The first-order chi connectivity index (χ1) is 19.0. The number of nitrogen functional groups attached to an aromatic ring is 1. The number of anilines is 2. The molecule has 0 fully saturated rings. The minimum atomic E-state index is -3.96. The van der Waals surface area contributed by atoms with Crippen LogP contribution in [0.15, 0.2) is 95.9 Å². The number of aromatic carboxylic acids is 1. The van der Waals surface area contributed by atoms with Gasteiger partial charge in [0.05, 0.1) is 18.0 Å². The summed E-state index contributed by atoms with van der Waals surface area (Å²) in [5, 5.41) is 19.6. The minimum Gasteiger partial charge on any atom is -0.507 e. The highest BCUT2D eigenvalue weighted by Gasteiger charge is 2.27. The van der Waals surface area contributed by atoms with Gasteiger partial charge in [-0.15, -0.1) is 0 Å². The number of amides is 1. The highest BCUT2D eigenvalue weighted by atomic mass is 32.2. The van der Waals surface area contributed by atoms with Gasteiger partial charge in [0.25, 0.3) is 0 Å². The third-order valence-corrected chi connectivity index (χ3v) is 8.27. The second kappa shape index (κ2) is 11.6. The van der Waals surface area contributed by atoms with E-state index in [4.69, 9.17) is 5.73 Å². The molecular formula is C30H29N3O6S. The molecule has 0 aliphatic rings. The summed E-state index contributed by atoms with van der Waals surface area (Å²) in [5.41, 5.74) is 9.87. The minimum absolute atomic E-state index is 0.0468. The molecule has 0 atom stereocenters. The van der Waals surface area contributed by atoms with Gasteiger partial charge in [0, 0.05) is 24.5 Å². The van der Waals surface area contributed by atoms with E-state index in [-0.39, 0.29) is 22.7 Å². The van der Waals surface area contributed by atoms with E-state index in [1.165, 1.54) is 42.3 Å². The van der Waals surface area contributed by atoms with Gasteiger partial charge in [-0.25, -0.2) is 13.2 Å². The molecule has 0 saturated carbocycles. The van der Waals surface area contributed by atoms with Crippen molar-refractivity contribution in [2.75, 3.05) is 24.2 Å². The fourth-order valence-corrected chi connectivity index (χ4v) is 5.22. The number of aryl methyl sites for hydroxylation is 1. The molecule has 4 rings (SSSR count). The second-order valence-corrected chi connectivity index (χ2v) is 11.4. The first-order valence-electron chi connectivity index (χ1n) is 12.3. The largest absolute Gasteiger partial charge is 0.507 e. The summed E-state index contributed by atoms with van der Waals surface area (Å²) >= 11 is 0. The maximum Gasteiger partial charge on any atom is 0.339 e. The number of carbonyl (C=O) groups is 2. The summed E-state index contributed by atoms with van der Waals surface area (Å²) in [5.74, 6) is -2.39. The zero-order valence-electron chi connectivity index (χ0n) is 22.0. The number of nitrogens with two attached hydrogens (primary N) is 1. The van der Waals surface area contributed by atoms with Gasteiger partial charge >= 0.3 is 5.97 Å². The van der Waals surface area contributed by atoms with Gasteiger partial charge in [-0.05, 0) is 60.0 Å². The first-order valence-corrected chi connectivity index (χ1v) is 13.7. The highest BCUT2D eigenvalue weighted by molar-refractivity contribution is 7.89. The van der Waals surface area contributed by atoms with E-state index in [0.29, 0.717) is 5.69 Å². The number of benzene rings is 4. The van der Waals surface area contributed by atoms with Crippen molar-refractivity contribution in [1.82, 2.24) is 4.31 Å². The summed E-state index contributed by atoms with van der Waals surface area (Å²) in [6.07, 6.45) is 0. The van der Waals surface area contributed by atoms with Gasteiger partial charge in [-0.2, -0.15) is 4.31 Å². The van der Waals surface area contributed by atoms with Crippen LogP contribution in [0, 0.1) is 6.92 Å². The number of likely N-dealkylation sites (N-methyl/N-ethyl adjacent to an activating group) is 1. The quantitative estimate of drug-likeness (QED) is 0.256. The molecule has 0 aliphatic carbocycles. The topological polar surface area (TPSA) is 141 Å². The van der Waals surface area contributed by atoms with Crippen LogP contribution in [0.4, 0.5) is 11.4 Å². The number of nitrogens with zero attached hydrogens (tertiary/aromatic N) is 2. The van der Waals surface area contributed by atoms with Crippen molar-refractivity contribution in [3.05, 3.63) is 108 Å². The van der Waals surface area contributed by atoms with E-state index in [0.717, 1.165) is 26.6 Å². The van der Waals surface area contributed by atoms with Gasteiger partial charge in [0.2, 0.25) is 15.9 Å². The van der Waals surface area contributed by atoms with Crippen LogP contribution in [0.5, 0.6) is 5.75 Å². The number of hydrogen-bond donors (Lipinski definition) is 3. The summed E-state index contributed by atoms with van der Waals surface area (Å²) < 4.78 is 27.2.